The van der Waals surface area contributed by atoms with E-state index < -0.39 is 58.5 Å². The van der Waals surface area contributed by atoms with Crippen LogP contribution >= 0.6 is 11.6 Å². The fraction of sp³-hybridized carbons (Fsp3) is 0.200. The van der Waals surface area contributed by atoms with Crippen LogP contribution in [0.15, 0.2) is 60.7 Å². The Kier molecular flexibility index (Phi) is 9.01. The molecule has 0 atom stereocenters. The van der Waals surface area contributed by atoms with Crippen LogP contribution in [0.1, 0.15) is 26.3 Å². The first-order valence-corrected chi connectivity index (χ1v) is 11.3. The highest BCUT2D eigenvalue weighted by atomic mass is 35.5. The summed E-state index contributed by atoms with van der Waals surface area (Å²) in [6.45, 7) is -3.84. The van der Waals surface area contributed by atoms with Gasteiger partial charge in [-0.3, -0.25) is 9.59 Å². The van der Waals surface area contributed by atoms with Crippen molar-refractivity contribution < 1.29 is 58.6 Å². The lowest BCUT2D eigenvalue weighted by Crippen LogP contribution is -2.50. The van der Waals surface area contributed by atoms with Crippen molar-refractivity contribution >= 4 is 34.8 Å². The van der Waals surface area contributed by atoms with Crippen LogP contribution in [0, 0.1) is 0 Å². The standard InChI is InChI=1S/C25H16ClF9N2O4/c1-40-19-14(8-5-9-16(19)36-20(38)12-6-3-2-4-7-12)21(39)37-18-15(26)10-13(11-17(18)41-22(27)28)23(29,24(30,31)32)25(33,34)35/h2-11,22H,1H3,(H,36,38)(H,37,39). The van der Waals surface area contributed by atoms with Gasteiger partial charge in [-0.1, -0.05) is 35.9 Å². The van der Waals surface area contributed by atoms with Gasteiger partial charge in [0.05, 0.1) is 23.4 Å². The van der Waals surface area contributed by atoms with E-state index in [2.05, 4.69) is 10.1 Å². The Balaban J connectivity index is 2.05. The number of methoxy groups -OCH3 is 1. The molecule has 0 bridgehead atoms. The number of rotatable bonds is 8. The molecule has 2 amide bonds. The van der Waals surface area contributed by atoms with Gasteiger partial charge < -0.3 is 20.1 Å². The summed E-state index contributed by atoms with van der Waals surface area (Å²) >= 11 is 5.77. The molecule has 0 spiro atoms. The molecule has 0 aliphatic carbocycles. The van der Waals surface area contributed by atoms with Crippen molar-refractivity contribution in [3.05, 3.63) is 82.4 Å². The molecule has 0 aliphatic rings. The van der Waals surface area contributed by atoms with Crippen LogP contribution in [0.4, 0.5) is 50.9 Å². The number of hydrogen-bond acceptors (Lipinski definition) is 4. The Labute approximate surface area is 230 Å². The summed E-state index contributed by atoms with van der Waals surface area (Å²) in [5.41, 5.74) is -9.45. The van der Waals surface area contributed by atoms with Gasteiger partial charge in [0.1, 0.15) is 5.69 Å². The molecule has 0 aromatic heterocycles. The maximum absolute atomic E-state index is 14.6. The van der Waals surface area contributed by atoms with Crippen molar-refractivity contribution in [2.24, 2.45) is 0 Å². The van der Waals surface area contributed by atoms with Crippen molar-refractivity contribution in [2.75, 3.05) is 17.7 Å². The van der Waals surface area contributed by atoms with E-state index >= 15 is 0 Å². The van der Waals surface area contributed by atoms with E-state index in [-0.39, 0.29) is 34.7 Å². The number of ether oxygens (including phenoxy) is 2. The van der Waals surface area contributed by atoms with E-state index in [1.54, 1.807) is 18.2 Å². The third kappa shape index (κ3) is 6.45. The summed E-state index contributed by atoms with van der Waals surface area (Å²) in [4.78, 5) is 25.6. The number of nitrogens with one attached hydrogen (secondary N) is 2. The lowest BCUT2D eigenvalue weighted by molar-refractivity contribution is -0.348. The second kappa shape index (κ2) is 11.8. The van der Waals surface area contributed by atoms with E-state index in [1.807, 2.05) is 5.32 Å². The molecular formula is C25H16ClF9N2O4. The smallest absolute Gasteiger partial charge is 0.435 e. The zero-order valence-corrected chi connectivity index (χ0v) is 21.0. The van der Waals surface area contributed by atoms with Crippen LogP contribution in [0.25, 0.3) is 0 Å². The molecule has 41 heavy (non-hydrogen) atoms. The predicted octanol–water partition coefficient (Wildman–Crippen LogP) is 7.74. The molecule has 2 N–H and O–H groups in total. The third-order valence-electron chi connectivity index (χ3n) is 5.44. The number of halogens is 10. The molecule has 3 aromatic rings. The zero-order chi connectivity index (χ0) is 30.8. The molecule has 220 valence electrons. The average Bonchev–Trinajstić information content (AvgIpc) is 2.88. The fourth-order valence-corrected chi connectivity index (χ4v) is 3.84. The van der Waals surface area contributed by atoms with Crippen molar-refractivity contribution in [3.63, 3.8) is 0 Å². The van der Waals surface area contributed by atoms with Gasteiger partial charge in [-0.2, -0.15) is 35.1 Å². The Bertz CT molecular complexity index is 1420. The quantitative estimate of drug-likeness (QED) is 0.255. The summed E-state index contributed by atoms with van der Waals surface area (Å²) in [7, 11) is 1.10. The number of amides is 2. The molecule has 6 nitrogen and oxygen atoms in total. The molecule has 0 heterocycles. The highest BCUT2D eigenvalue weighted by Gasteiger charge is 2.73. The van der Waals surface area contributed by atoms with Crippen molar-refractivity contribution in [3.8, 4) is 11.5 Å². The lowest BCUT2D eigenvalue weighted by atomic mass is 9.93. The van der Waals surface area contributed by atoms with Crippen LogP contribution in [-0.4, -0.2) is 37.9 Å². The summed E-state index contributed by atoms with van der Waals surface area (Å²) < 4.78 is 129. The maximum Gasteiger partial charge on any atom is 0.435 e. The van der Waals surface area contributed by atoms with Crippen LogP contribution in [0.5, 0.6) is 11.5 Å². The molecule has 3 rings (SSSR count). The fourth-order valence-electron chi connectivity index (χ4n) is 3.58. The first-order valence-electron chi connectivity index (χ1n) is 11.0. The van der Waals surface area contributed by atoms with Gasteiger partial charge in [0.15, 0.2) is 11.5 Å². The SMILES string of the molecule is COc1c(NC(=O)c2ccccc2)cccc1C(=O)Nc1c(Cl)cc(C(F)(C(F)(F)F)C(F)(F)F)cc1OC(F)F. The Morgan fingerprint density at radius 1 is 0.829 bits per heavy atom. The average molecular weight is 615 g/mol. The number of para-hydroxylation sites is 1. The summed E-state index contributed by atoms with van der Waals surface area (Å²) in [6, 6.07) is 11.1. The zero-order valence-electron chi connectivity index (χ0n) is 20.3. The monoisotopic (exact) mass is 614 g/mol. The summed E-state index contributed by atoms with van der Waals surface area (Å²) in [5.74, 6) is -3.62. The molecule has 0 saturated carbocycles. The normalized spacial score (nSPS) is 12.2. The topological polar surface area (TPSA) is 76.7 Å². The Morgan fingerprint density at radius 2 is 1.44 bits per heavy atom. The second-order valence-electron chi connectivity index (χ2n) is 8.02. The molecule has 0 aliphatic heterocycles. The Morgan fingerprint density at radius 3 is 1.98 bits per heavy atom. The highest BCUT2D eigenvalue weighted by molar-refractivity contribution is 6.34. The number of hydrogen-bond donors (Lipinski definition) is 2. The van der Waals surface area contributed by atoms with Crippen molar-refractivity contribution in [2.45, 2.75) is 24.6 Å². The van der Waals surface area contributed by atoms with E-state index in [1.165, 1.54) is 24.3 Å². The van der Waals surface area contributed by atoms with Gasteiger partial charge in [0.2, 0.25) is 0 Å². The minimum absolute atomic E-state index is 0.0444. The van der Waals surface area contributed by atoms with Crippen LogP contribution in [-0.2, 0) is 5.67 Å². The number of benzene rings is 3. The first kappa shape index (κ1) is 31.4. The maximum atomic E-state index is 14.6. The minimum Gasteiger partial charge on any atom is -0.494 e. The van der Waals surface area contributed by atoms with Gasteiger partial charge in [-0.15, -0.1) is 0 Å². The van der Waals surface area contributed by atoms with E-state index in [0.29, 0.717) is 0 Å². The summed E-state index contributed by atoms with van der Waals surface area (Å²) in [6.07, 6.45) is -13.2. The van der Waals surface area contributed by atoms with Crippen LogP contribution in [0.3, 0.4) is 0 Å². The van der Waals surface area contributed by atoms with Gasteiger partial charge in [0.25, 0.3) is 11.8 Å². The van der Waals surface area contributed by atoms with E-state index in [9.17, 15) is 49.1 Å². The van der Waals surface area contributed by atoms with E-state index in [4.69, 9.17) is 16.3 Å². The minimum atomic E-state index is -6.58. The largest absolute Gasteiger partial charge is 0.494 e. The molecule has 0 fully saturated rings. The predicted molar refractivity (Wildman–Crippen MR) is 128 cm³/mol. The van der Waals surface area contributed by atoms with Crippen LogP contribution in [0.2, 0.25) is 5.02 Å². The molecule has 16 heteroatoms. The Hall–Kier alpha value is -4.14. The molecule has 0 saturated heterocycles. The van der Waals surface area contributed by atoms with Gasteiger partial charge >= 0.3 is 24.6 Å². The first-order chi connectivity index (χ1) is 19.0. The second-order valence-corrected chi connectivity index (χ2v) is 8.43. The van der Waals surface area contributed by atoms with Gasteiger partial charge in [-0.25, -0.2) is 4.39 Å². The van der Waals surface area contributed by atoms with Crippen molar-refractivity contribution in [1.29, 1.82) is 0 Å². The van der Waals surface area contributed by atoms with Gasteiger partial charge in [-0.05, 0) is 36.4 Å². The number of anilines is 2. The van der Waals surface area contributed by atoms with Crippen LogP contribution < -0.4 is 20.1 Å². The lowest BCUT2D eigenvalue weighted by Gasteiger charge is -2.31. The molecule has 0 radical (unpaired) electrons. The molecule has 3 aromatic carbocycles. The van der Waals surface area contributed by atoms with E-state index in [0.717, 1.165) is 13.2 Å². The third-order valence-corrected chi connectivity index (χ3v) is 5.73. The molecular weight excluding hydrogens is 599 g/mol. The number of carbonyl (C=O) groups excluding carboxylic acids is 2. The number of alkyl halides is 9. The molecule has 0 unspecified atom stereocenters. The highest BCUT2D eigenvalue weighted by Crippen LogP contribution is 2.55. The summed E-state index contributed by atoms with van der Waals surface area (Å²) in [5, 5.41) is 3.23. The number of carbonyl (C=O) groups is 2. The van der Waals surface area contributed by atoms with Crippen molar-refractivity contribution in [1.82, 2.24) is 0 Å². The van der Waals surface area contributed by atoms with Gasteiger partial charge in [0, 0.05) is 11.1 Å².